The Morgan fingerprint density at radius 1 is 1.10 bits per heavy atom. The maximum atomic E-state index is 6.29. The summed E-state index contributed by atoms with van der Waals surface area (Å²) in [5.74, 6) is 0.894. The SMILES string of the molecule is CCC(N)C(Oc1ccccc1I)c1ccccc1C. The normalized spacial score (nSPS) is 13.8. The molecule has 0 saturated carbocycles. The fourth-order valence-electron chi connectivity index (χ4n) is 2.18. The molecule has 0 amide bonds. The predicted molar refractivity (Wildman–Crippen MR) is 92.0 cm³/mol. The Balaban J connectivity index is 2.35. The van der Waals surface area contributed by atoms with Gasteiger partial charge < -0.3 is 10.5 Å². The molecule has 2 unspecified atom stereocenters. The number of aryl methyl sites for hydroxylation is 1. The number of nitrogens with two attached hydrogens (primary N) is 1. The molecule has 0 saturated heterocycles. The topological polar surface area (TPSA) is 35.2 Å². The molecule has 0 heterocycles. The predicted octanol–water partition coefficient (Wildman–Crippen LogP) is 4.46. The van der Waals surface area contributed by atoms with Gasteiger partial charge in [-0.2, -0.15) is 0 Å². The summed E-state index contributed by atoms with van der Waals surface area (Å²) in [6.45, 7) is 4.19. The van der Waals surface area contributed by atoms with E-state index in [0.29, 0.717) is 0 Å². The van der Waals surface area contributed by atoms with Crippen LogP contribution in [-0.2, 0) is 0 Å². The first-order valence-corrected chi connectivity index (χ1v) is 7.93. The Morgan fingerprint density at radius 2 is 1.75 bits per heavy atom. The van der Waals surface area contributed by atoms with Crippen molar-refractivity contribution in [3.05, 3.63) is 63.2 Å². The molecule has 2 aromatic rings. The van der Waals surface area contributed by atoms with E-state index in [9.17, 15) is 0 Å². The van der Waals surface area contributed by atoms with Crippen molar-refractivity contribution >= 4 is 22.6 Å². The molecular formula is C17H20INO. The number of halogens is 1. The van der Waals surface area contributed by atoms with Gasteiger partial charge in [-0.1, -0.05) is 43.3 Å². The molecule has 2 aromatic carbocycles. The van der Waals surface area contributed by atoms with Crippen LogP contribution in [0.2, 0.25) is 0 Å². The van der Waals surface area contributed by atoms with Crippen molar-refractivity contribution in [3.8, 4) is 5.75 Å². The molecule has 0 aliphatic rings. The Morgan fingerprint density at radius 3 is 2.40 bits per heavy atom. The average molecular weight is 381 g/mol. The highest BCUT2D eigenvalue weighted by Gasteiger charge is 2.22. The first-order chi connectivity index (χ1) is 9.63. The van der Waals surface area contributed by atoms with Crippen molar-refractivity contribution in [1.29, 1.82) is 0 Å². The minimum atomic E-state index is -0.114. The summed E-state index contributed by atoms with van der Waals surface area (Å²) in [6.07, 6.45) is 0.764. The van der Waals surface area contributed by atoms with Gasteiger partial charge in [-0.25, -0.2) is 0 Å². The average Bonchev–Trinajstić information content (AvgIpc) is 2.47. The highest BCUT2D eigenvalue weighted by atomic mass is 127. The van der Waals surface area contributed by atoms with Gasteiger partial charge in [0.15, 0.2) is 0 Å². The molecule has 20 heavy (non-hydrogen) atoms. The molecule has 2 rings (SSSR count). The summed E-state index contributed by atoms with van der Waals surface area (Å²) in [6, 6.07) is 16.3. The van der Waals surface area contributed by atoms with Crippen LogP contribution in [0.15, 0.2) is 48.5 Å². The number of hydrogen-bond acceptors (Lipinski definition) is 2. The lowest BCUT2D eigenvalue weighted by molar-refractivity contribution is 0.169. The standard InChI is InChI=1S/C17H20INO/c1-3-15(19)17(13-9-5-4-8-12(13)2)20-16-11-7-6-10-14(16)18/h4-11,15,17H,3,19H2,1-2H3. The largest absolute Gasteiger partial charge is 0.483 e. The number of ether oxygens (including phenoxy) is 1. The van der Waals surface area contributed by atoms with Crippen LogP contribution in [-0.4, -0.2) is 6.04 Å². The van der Waals surface area contributed by atoms with E-state index < -0.39 is 0 Å². The summed E-state index contributed by atoms with van der Waals surface area (Å²) < 4.78 is 7.34. The third-order valence-corrected chi connectivity index (χ3v) is 4.34. The van der Waals surface area contributed by atoms with Crippen LogP contribution >= 0.6 is 22.6 Å². The van der Waals surface area contributed by atoms with Gasteiger partial charge in [0.25, 0.3) is 0 Å². The maximum Gasteiger partial charge on any atom is 0.139 e. The molecule has 2 nitrogen and oxygen atoms in total. The Labute approximate surface area is 134 Å². The van der Waals surface area contributed by atoms with E-state index in [4.69, 9.17) is 10.5 Å². The van der Waals surface area contributed by atoms with E-state index in [1.54, 1.807) is 0 Å². The second-order valence-electron chi connectivity index (χ2n) is 4.90. The first-order valence-electron chi connectivity index (χ1n) is 6.85. The summed E-state index contributed by atoms with van der Waals surface area (Å²) in [5, 5.41) is 0. The van der Waals surface area contributed by atoms with Gasteiger partial charge in [-0.15, -0.1) is 0 Å². The highest BCUT2D eigenvalue weighted by Crippen LogP contribution is 2.30. The van der Waals surface area contributed by atoms with Crippen LogP contribution < -0.4 is 10.5 Å². The van der Waals surface area contributed by atoms with Crippen molar-refractivity contribution in [2.24, 2.45) is 5.73 Å². The Kier molecular flexibility index (Phi) is 5.43. The second-order valence-corrected chi connectivity index (χ2v) is 6.06. The van der Waals surface area contributed by atoms with E-state index >= 15 is 0 Å². The monoisotopic (exact) mass is 381 g/mol. The molecule has 0 spiro atoms. The van der Waals surface area contributed by atoms with Crippen LogP contribution in [0.4, 0.5) is 0 Å². The lowest BCUT2D eigenvalue weighted by Crippen LogP contribution is -2.32. The summed E-state index contributed by atoms with van der Waals surface area (Å²) in [5.41, 5.74) is 8.67. The molecule has 2 N–H and O–H groups in total. The molecule has 2 atom stereocenters. The van der Waals surface area contributed by atoms with Gasteiger partial charge in [-0.3, -0.25) is 0 Å². The maximum absolute atomic E-state index is 6.29. The quantitative estimate of drug-likeness (QED) is 0.777. The fraction of sp³-hybridized carbons (Fsp3) is 0.294. The lowest BCUT2D eigenvalue weighted by atomic mass is 9.97. The molecule has 0 fully saturated rings. The van der Waals surface area contributed by atoms with Gasteiger partial charge in [0.2, 0.25) is 0 Å². The zero-order valence-corrected chi connectivity index (χ0v) is 14.0. The van der Waals surface area contributed by atoms with Crippen molar-refractivity contribution in [2.75, 3.05) is 0 Å². The zero-order chi connectivity index (χ0) is 14.5. The van der Waals surface area contributed by atoms with Gasteiger partial charge in [-0.05, 0) is 59.2 Å². The van der Waals surface area contributed by atoms with Crippen molar-refractivity contribution in [1.82, 2.24) is 0 Å². The third kappa shape index (κ3) is 3.52. The number of para-hydroxylation sites is 1. The van der Waals surface area contributed by atoms with Gasteiger partial charge >= 0.3 is 0 Å². The summed E-state index contributed by atoms with van der Waals surface area (Å²) in [4.78, 5) is 0. The molecule has 0 aromatic heterocycles. The lowest BCUT2D eigenvalue weighted by Gasteiger charge is -2.26. The molecule has 0 radical (unpaired) electrons. The molecule has 0 bridgehead atoms. The third-order valence-electron chi connectivity index (χ3n) is 3.45. The fourth-order valence-corrected chi connectivity index (χ4v) is 2.69. The molecule has 3 heteroatoms. The Bertz CT molecular complexity index is 570. The molecule has 0 aliphatic heterocycles. The van der Waals surface area contributed by atoms with E-state index in [0.717, 1.165) is 15.7 Å². The van der Waals surface area contributed by atoms with E-state index in [1.807, 2.05) is 36.4 Å². The van der Waals surface area contributed by atoms with Gasteiger partial charge in [0.05, 0.1) is 3.57 Å². The van der Waals surface area contributed by atoms with Crippen molar-refractivity contribution in [3.63, 3.8) is 0 Å². The minimum absolute atomic E-state index is 0.0212. The van der Waals surface area contributed by atoms with Crippen LogP contribution in [0.5, 0.6) is 5.75 Å². The number of rotatable bonds is 5. The van der Waals surface area contributed by atoms with Crippen LogP contribution in [0.1, 0.15) is 30.6 Å². The van der Waals surface area contributed by atoms with Gasteiger partial charge in [0.1, 0.15) is 11.9 Å². The zero-order valence-electron chi connectivity index (χ0n) is 11.8. The number of benzene rings is 2. The smallest absolute Gasteiger partial charge is 0.139 e. The summed E-state index contributed by atoms with van der Waals surface area (Å²) in [7, 11) is 0. The van der Waals surface area contributed by atoms with Crippen molar-refractivity contribution < 1.29 is 4.74 Å². The van der Waals surface area contributed by atoms with Gasteiger partial charge in [0, 0.05) is 6.04 Å². The molecule has 0 aliphatic carbocycles. The highest BCUT2D eigenvalue weighted by molar-refractivity contribution is 14.1. The van der Waals surface area contributed by atoms with E-state index in [-0.39, 0.29) is 12.1 Å². The molecule has 106 valence electrons. The van der Waals surface area contributed by atoms with Crippen LogP contribution in [0.25, 0.3) is 0 Å². The molecular weight excluding hydrogens is 361 g/mol. The second kappa shape index (κ2) is 7.09. The summed E-state index contributed by atoms with van der Waals surface area (Å²) >= 11 is 2.29. The minimum Gasteiger partial charge on any atom is -0.483 e. The Hall–Kier alpha value is -1.07. The van der Waals surface area contributed by atoms with Crippen LogP contribution in [0, 0.1) is 10.5 Å². The van der Waals surface area contributed by atoms with E-state index in [2.05, 4.69) is 48.6 Å². The number of hydrogen-bond donors (Lipinski definition) is 1. The van der Waals surface area contributed by atoms with E-state index in [1.165, 1.54) is 11.1 Å². The van der Waals surface area contributed by atoms with Crippen molar-refractivity contribution in [2.45, 2.75) is 32.4 Å². The first kappa shape index (κ1) is 15.3. The van der Waals surface area contributed by atoms with Crippen LogP contribution in [0.3, 0.4) is 0 Å².